The summed E-state index contributed by atoms with van der Waals surface area (Å²) in [5.74, 6) is 1.13. The van der Waals surface area contributed by atoms with Crippen molar-refractivity contribution in [2.24, 2.45) is 11.8 Å². The highest BCUT2D eigenvalue weighted by Crippen LogP contribution is 2.23. The standard InChI is InChI=1S/C11H24O.CH4/c1-5-7-10(9(3)4)11(12)8-6-2;/h9-12H,5-8H2,1-4H3;1H4/t10-,11-;/m0./s1. The molecule has 1 heteroatoms. The molecule has 0 saturated heterocycles. The van der Waals surface area contributed by atoms with Crippen LogP contribution in [-0.2, 0) is 0 Å². The monoisotopic (exact) mass is 188 g/mol. The normalized spacial score (nSPS) is 15.2. The molecule has 0 aliphatic heterocycles. The molecule has 1 N–H and O–H groups in total. The van der Waals surface area contributed by atoms with Crippen molar-refractivity contribution in [2.45, 2.75) is 66.9 Å². The highest BCUT2D eigenvalue weighted by atomic mass is 16.3. The molecule has 0 aromatic carbocycles. The van der Waals surface area contributed by atoms with Crippen LogP contribution < -0.4 is 0 Å². The van der Waals surface area contributed by atoms with E-state index < -0.39 is 0 Å². The van der Waals surface area contributed by atoms with Crippen LogP contribution in [0.3, 0.4) is 0 Å². The van der Waals surface area contributed by atoms with Gasteiger partial charge in [0.25, 0.3) is 0 Å². The Hall–Kier alpha value is -0.0400. The van der Waals surface area contributed by atoms with Crippen LogP contribution in [0.2, 0.25) is 0 Å². The van der Waals surface area contributed by atoms with E-state index in [4.69, 9.17) is 0 Å². The number of aliphatic hydroxyl groups excluding tert-OH is 1. The summed E-state index contributed by atoms with van der Waals surface area (Å²) in [4.78, 5) is 0. The zero-order valence-electron chi connectivity index (χ0n) is 9.01. The van der Waals surface area contributed by atoms with Crippen LogP contribution in [0.5, 0.6) is 0 Å². The Bertz CT molecular complexity index is 99.3. The molecule has 1 nitrogen and oxygen atoms in total. The van der Waals surface area contributed by atoms with Crippen LogP contribution in [0.1, 0.15) is 60.8 Å². The highest BCUT2D eigenvalue weighted by Gasteiger charge is 2.20. The van der Waals surface area contributed by atoms with E-state index in [0.717, 1.165) is 12.8 Å². The topological polar surface area (TPSA) is 20.2 Å². The fourth-order valence-electron chi connectivity index (χ4n) is 1.81. The molecule has 0 heterocycles. The van der Waals surface area contributed by atoms with Gasteiger partial charge in [-0.1, -0.05) is 48.0 Å². The van der Waals surface area contributed by atoms with Gasteiger partial charge in [-0.3, -0.25) is 0 Å². The maximum atomic E-state index is 9.81. The molecule has 0 spiro atoms. The predicted molar refractivity (Wildman–Crippen MR) is 60.9 cm³/mol. The predicted octanol–water partition coefficient (Wildman–Crippen LogP) is 3.86. The van der Waals surface area contributed by atoms with E-state index in [1.165, 1.54) is 12.8 Å². The zero-order valence-corrected chi connectivity index (χ0v) is 9.01. The molecule has 0 amide bonds. The minimum Gasteiger partial charge on any atom is -0.393 e. The Morgan fingerprint density at radius 2 is 1.46 bits per heavy atom. The molecule has 2 atom stereocenters. The summed E-state index contributed by atoms with van der Waals surface area (Å²) in [6.07, 6.45) is 4.33. The van der Waals surface area contributed by atoms with Gasteiger partial charge in [-0.25, -0.2) is 0 Å². The van der Waals surface area contributed by atoms with Crippen molar-refractivity contribution >= 4 is 0 Å². The lowest BCUT2D eigenvalue weighted by Gasteiger charge is -2.25. The van der Waals surface area contributed by atoms with E-state index in [2.05, 4.69) is 27.7 Å². The summed E-state index contributed by atoms with van der Waals surface area (Å²) >= 11 is 0. The third kappa shape index (κ3) is 6.09. The largest absolute Gasteiger partial charge is 0.393 e. The van der Waals surface area contributed by atoms with E-state index in [0.29, 0.717) is 11.8 Å². The first-order valence-electron chi connectivity index (χ1n) is 5.31. The second-order valence-corrected chi connectivity index (χ2v) is 4.05. The SMILES string of the molecule is C.CCC[C@H](O)[C@@H](CCC)C(C)C. The van der Waals surface area contributed by atoms with Crippen molar-refractivity contribution in [3.05, 3.63) is 0 Å². The van der Waals surface area contributed by atoms with Crippen LogP contribution in [0.25, 0.3) is 0 Å². The van der Waals surface area contributed by atoms with Crippen LogP contribution in [-0.4, -0.2) is 11.2 Å². The molecule has 0 aromatic heterocycles. The molecular formula is C12H28O. The maximum Gasteiger partial charge on any atom is 0.0570 e. The number of rotatable bonds is 6. The van der Waals surface area contributed by atoms with E-state index in [1.54, 1.807) is 0 Å². The van der Waals surface area contributed by atoms with Crippen LogP contribution in [0.15, 0.2) is 0 Å². The molecule has 13 heavy (non-hydrogen) atoms. The first kappa shape index (κ1) is 15.4. The van der Waals surface area contributed by atoms with Crippen molar-refractivity contribution < 1.29 is 5.11 Å². The van der Waals surface area contributed by atoms with Crippen molar-refractivity contribution in [2.75, 3.05) is 0 Å². The molecule has 0 aliphatic rings. The van der Waals surface area contributed by atoms with Gasteiger partial charge in [0.15, 0.2) is 0 Å². The van der Waals surface area contributed by atoms with Crippen molar-refractivity contribution in [3.63, 3.8) is 0 Å². The van der Waals surface area contributed by atoms with E-state index in [-0.39, 0.29) is 13.5 Å². The Morgan fingerprint density at radius 1 is 1.00 bits per heavy atom. The Kier molecular flexibility index (Phi) is 10.2. The van der Waals surface area contributed by atoms with Crippen molar-refractivity contribution in [3.8, 4) is 0 Å². The molecular weight excluding hydrogens is 160 g/mol. The van der Waals surface area contributed by atoms with Gasteiger partial charge in [-0.15, -0.1) is 0 Å². The molecule has 0 fully saturated rings. The van der Waals surface area contributed by atoms with Gasteiger partial charge in [0.1, 0.15) is 0 Å². The second kappa shape index (κ2) is 8.55. The van der Waals surface area contributed by atoms with Gasteiger partial charge in [-0.05, 0) is 24.7 Å². The third-order valence-corrected chi connectivity index (χ3v) is 2.56. The van der Waals surface area contributed by atoms with E-state index in [9.17, 15) is 5.11 Å². The summed E-state index contributed by atoms with van der Waals surface area (Å²) < 4.78 is 0. The maximum absolute atomic E-state index is 9.81. The molecule has 0 unspecified atom stereocenters. The lowest BCUT2D eigenvalue weighted by molar-refractivity contribution is 0.0674. The van der Waals surface area contributed by atoms with Crippen molar-refractivity contribution in [1.82, 2.24) is 0 Å². The van der Waals surface area contributed by atoms with E-state index in [1.807, 2.05) is 0 Å². The molecule has 0 aromatic rings. The third-order valence-electron chi connectivity index (χ3n) is 2.56. The summed E-state index contributed by atoms with van der Waals surface area (Å²) in [7, 11) is 0. The van der Waals surface area contributed by atoms with Gasteiger partial charge in [0.05, 0.1) is 6.10 Å². The molecule has 0 radical (unpaired) electrons. The number of aliphatic hydroxyl groups is 1. The lowest BCUT2D eigenvalue weighted by Crippen LogP contribution is -2.24. The van der Waals surface area contributed by atoms with Gasteiger partial charge < -0.3 is 5.11 Å². The van der Waals surface area contributed by atoms with E-state index >= 15 is 0 Å². The Morgan fingerprint density at radius 3 is 1.77 bits per heavy atom. The Balaban J connectivity index is 0. The highest BCUT2D eigenvalue weighted by molar-refractivity contribution is 4.71. The second-order valence-electron chi connectivity index (χ2n) is 4.05. The molecule has 0 rings (SSSR count). The van der Waals surface area contributed by atoms with Crippen LogP contribution in [0, 0.1) is 11.8 Å². The number of hydrogen-bond donors (Lipinski definition) is 1. The van der Waals surface area contributed by atoms with Crippen LogP contribution in [0.4, 0.5) is 0 Å². The van der Waals surface area contributed by atoms with Gasteiger partial charge in [0.2, 0.25) is 0 Å². The molecule has 0 bridgehead atoms. The minimum atomic E-state index is -0.0741. The first-order chi connectivity index (χ1) is 5.63. The first-order valence-corrected chi connectivity index (χ1v) is 5.31. The van der Waals surface area contributed by atoms with Gasteiger partial charge in [0, 0.05) is 0 Å². The van der Waals surface area contributed by atoms with Gasteiger partial charge >= 0.3 is 0 Å². The molecule has 0 aliphatic carbocycles. The Labute approximate surface area is 84.6 Å². The fraction of sp³-hybridized carbons (Fsp3) is 1.00. The molecule has 82 valence electrons. The lowest BCUT2D eigenvalue weighted by atomic mass is 9.85. The van der Waals surface area contributed by atoms with Gasteiger partial charge in [-0.2, -0.15) is 0 Å². The smallest absolute Gasteiger partial charge is 0.0570 e. The quantitative estimate of drug-likeness (QED) is 0.671. The zero-order chi connectivity index (χ0) is 9.56. The van der Waals surface area contributed by atoms with Crippen molar-refractivity contribution in [1.29, 1.82) is 0 Å². The average Bonchev–Trinajstić information content (AvgIpc) is 1.99. The summed E-state index contributed by atoms with van der Waals surface area (Å²) in [6.45, 7) is 8.74. The summed E-state index contributed by atoms with van der Waals surface area (Å²) in [5.41, 5.74) is 0. The number of hydrogen-bond acceptors (Lipinski definition) is 1. The summed E-state index contributed by atoms with van der Waals surface area (Å²) in [5, 5.41) is 9.81. The van der Waals surface area contributed by atoms with Crippen LogP contribution >= 0.6 is 0 Å². The fourth-order valence-corrected chi connectivity index (χ4v) is 1.81. The minimum absolute atomic E-state index is 0. The average molecular weight is 188 g/mol. The molecule has 0 saturated carbocycles. The summed E-state index contributed by atoms with van der Waals surface area (Å²) in [6, 6.07) is 0.